The normalized spacial score (nSPS) is 11.6. The topological polar surface area (TPSA) is 35.6 Å². The highest BCUT2D eigenvalue weighted by Gasteiger charge is 2.23. The van der Waals surface area contributed by atoms with E-state index in [9.17, 15) is 8.78 Å². The van der Waals surface area contributed by atoms with Gasteiger partial charge < -0.3 is 4.57 Å². The van der Waals surface area contributed by atoms with E-state index in [0.717, 1.165) is 23.1 Å². The Morgan fingerprint density at radius 2 is 1.63 bits per heavy atom. The first kappa shape index (κ1) is 21.1. The summed E-state index contributed by atoms with van der Waals surface area (Å²) in [4.78, 5) is 4.76. The van der Waals surface area contributed by atoms with Gasteiger partial charge in [-0.25, -0.2) is 18.4 Å². The van der Waals surface area contributed by atoms with Crippen LogP contribution in [-0.4, -0.2) is 19.3 Å². The van der Waals surface area contributed by atoms with Crippen LogP contribution in [0.5, 0.6) is 0 Å². The number of fused-ring (bicyclic) bond motifs is 1. The predicted molar refractivity (Wildman–Crippen MR) is 116 cm³/mol. The van der Waals surface area contributed by atoms with Crippen molar-refractivity contribution >= 4 is 46.0 Å². The van der Waals surface area contributed by atoms with E-state index in [4.69, 9.17) is 39.8 Å². The van der Waals surface area contributed by atoms with Crippen LogP contribution >= 0.6 is 34.8 Å². The number of rotatable bonds is 5. The van der Waals surface area contributed by atoms with Crippen LogP contribution in [-0.2, 0) is 19.4 Å². The van der Waals surface area contributed by atoms with Crippen LogP contribution in [0.15, 0.2) is 30.3 Å². The Kier molecular flexibility index (Phi) is 5.75. The van der Waals surface area contributed by atoms with Crippen molar-refractivity contribution in [2.24, 2.45) is 0 Å². The molecule has 4 aromatic rings. The summed E-state index contributed by atoms with van der Waals surface area (Å²) < 4.78 is 30.7. The van der Waals surface area contributed by atoms with E-state index in [-0.39, 0.29) is 0 Å². The van der Waals surface area contributed by atoms with Crippen LogP contribution in [0.1, 0.15) is 30.9 Å². The van der Waals surface area contributed by atoms with Crippen molar-refractivity contribution in [2.75, 3.05) is 0 Å². The highest BCUT2D eigenvalue weighted by atomic mass is 35.5. The average Bonchev–Trinajstić information content (AvgIpc) is 3.22. The van der Waals surface area contributed by atoms with Gasteiger partial charge in [-0.3, -0.25) is 0 Å². The van der Waals surface area contributed by atoms with Crippen LogP contribution in [0.25, 0.3) is 16.9 Å². The van der Waals surface area contributed by atoms with E-state index >= 15 is 0 Å². The van der Waals surface area contributed by atoms with Gasteiger partial charge in [0, 0.05) is 18.0 Å². The zero-order valence-corrected chi connectivity index (χ0v) is 18.5. The minimum Gasteiger partial charge on any atom is -0.321 e. The predicted octanol–water partition coefficient (Wildman–Crippen LogP) is 6.63. The molecule has 2 aromatic carbocycles. The Labute approximate surface area is 187 Å². The first-order chi connectivity index (χ1) is 14.3. The van der Waals surface area contributed by atoms with Crippen molar-refractivity contribution in [1.29, 1.82) is 0 Å². The largest absolute Gasteiger partial charge is 0.321 e. The maximum absolute atomic E-state index is 13.7. The number of hydrogen-bond donors (Lipinski definition) is 0. The highest BCUT2D eigenvalue weighted by molar-refractivity contribution is 6.40. The van der Waals surface area contributed by atoms with Crippen LogP contribution in [0.4, 0.5) is 8.78 Å². The van der Waals surface area contributed by atoms with Gasteiger partial charge in [0.05, 0.1) is 15.7 Å². The van der Waals surface area contributed by atoms with Gasteiger partial charge in [0.15, 0.2) is 17.3 Å². The fourth-order valence-electron chi connectivity index (χ4n) is 3.53. The van der Waals surface area contributed by atoms with E-state index < -0.39 is 11.6 Å². The molecule has 156 valence electrons. The number of benzene rings is 2. The van der Waals surface area contributed by atoms with Gasteiger partial charge in [0.25, 0.3) is 0 Å². The number of nitrogens with zero attached hydrogens (tertiary/aromatic N) is 4. The minimum absolute atomic E-state index is 0.331. The lowest BCUT2D eigenvalue weighted by Gasteiger charge is -2.09. The molecule has 0 aliphatic rings. The molecule has 0 bridgehead atoms. The molecule has 0 radical (unpaired) electrons. The molecule has 4 rings (SSSR count). The van der Waals surface area contributed by atoms with E-state index in [1.165, 1.54) is 6.07 Å². The lowest BCUT2D eigenvalue weighted by atomic mass is 10.2. The molecule has 4 nitrogen and oxygen atoms in total. The quantitative estimate of drug-likeness (QED) is 0.329. The second kappa shape index (κ2) is 8.17. The van der Waals surface area contributed by atoms with Crippen LogP contribution in [0, 0.1) is 11.6 Å². The maximum Gasteiger partial charge on any atom is 0.181 e. The summed E-state index contributed by atoms with van der Waals surface area (Å²) in [5.41, 5.74) is 3.31. The van der Waals surface area contributed by atoms with Crippen LogP contribution in [0.2, 0.25) is 15.1 Å². The second-order valence-corrected chi connectivity index (χ2v) is 8.07. The Morgan fingerprint density at radius 3 is 2.23 bits per heavy atom. The van der Waals surface area contributed by atoms with Gasteiger partial charge in [0.2, 0.25) is 0 Å². The van der Waals surface area contributed by atoms with Gasteiger partial charge >= 0.3 is 0 Å². The average molecular weight is 470 g/mol. The van der Waals surface area contributed by atoms with Crippen LogP contribution in [0.3, 0.4) is 0 Å². The van der Waals surface area contributed by atoms with E-state index in [0.29, 0.717) is 51.4 Å². The zero-order valence-electron chi connectivity index (χ0n) is 16.2. The molecule has 2 heterocycles. The lowest BCUT2D eigenvalue weighted by Crippen LogP contribution is -2.07. The third kappa shape index (κ3) is 3.57. The molecule has 0 atom stereocenters. The summed E-state index contributed by atoms with van der Waals surface area (Å²) in [5.74, 6) is -0.968. The molecule has 0 unspecified atom stereocenters. The molecule has 0 fully saturated rings. The fraction of sp³-hybridized carbons (Fsp3) is 0.238. The summed E-state index contributed by atoms with van der Waals surface area (Å²) >= 11 is 18.9. The molecule has 0 saturated carbocycles. The highest BCUT2D eigenvalue weighted by Crippen LogP contribution is 2.35. The first-order valence-corrected chi connectivity index (χ1v) is 10.5. The molecule has 0 saturated heterocycles. The lowest BCUT2D eigenvalue weighted by molar-refractivity contribution is 0.506. The molecule has 0 aliphatic carbocycles. The number of halogens is 5. The SMILES string of the molecule is CCc1nn(-c2c(Cl)cc(Cl)cc2Cl)c2nc(CC)n(Cc3ccc(F)c(F)c3)c12. The maximum atomic E-state index is 13.7. The van der Waals surface area contributed by atoms with Crippen molar-refractivity contribution < 1.29 is 8.78 Å². The summed E-state index contributed by atoms with van der Waals surface area (Å²) in [6.07, 6.45) is 1.28. The summed E-state index contributed by atoms with van der Waals surface area (Å²) in [7, 11) is 0. The third-order valence-electron chi connectivity index (χ3n) is 4.89. The Morgan fingerprint density at radius 1 is 0.933 bits per heavy atom. The molecule has 0 N–H and O–H groups in total. The van der Waals surface area contributed by atoms with E-state index in [2.05, 4.69) is 5.10 Å². The summed E-state index contributed by atoms with van der Waals surface area (Å²) in [6.45, 7) is 4.30. The number of aromatic nitrogens is 4. The fourth-order valence-corrected chi connectivity index (χ4v) is 4.50. The molecular formula is C21H17Cl3F2N4. The van der Waals surface area contributed by atoms with Gasteiger partial charge in [-0.2, -0.15) is 5.10 Å². The summed E-state index contributed by atoms with van der Waals surface area (Å²) in [5, 5.41) is 5.82. The monoisotopic (exact) mass is 468 g/mol. The Hall–Kier alpha value is -2.15. The van der Waals surface area contributed by atoms with Crippen molar-refractivity contribution in [2.45, 2.75) is 33.2 Å². The molecule has 0 amide bonds. The van der Waals surface area contributed by atoms with Gasteiger partial charge in [-0.15, -0.1) is 0 Å². The Bertz CT molecular complexity index is 1240. The number of aryl methyl sites for hydroxylation is 2. The van der Waals surface area contributed by atoms with Crippen LogP contribution < -0.4 is 0 Å². The van der Waals surface area contributed by atoms with Gasteiger partial charge in [-0.1, -0.05) is 54.7 Å². The molecular weight excluding hydrogens is 453 g/mol. The molecule has 9 heteroatoms. The van der Waals surface area contributed by atoms with Gasteiger partial charge in [0.1, 0.15) is 17.0 Å². The molecule has 0 spiro atoms. The van der Waals surface area contributed by atoms with Crippen molar-refractivity contribution in [3.63, 3.8) is 0 Å². The number of hydrogen-bond acceptors (Lipinski definition) is 2. The minimum atomic E-state index is -0.881. The van der Waals surface area contributed by atoms with Crippen molar-refractivity contribution in [1.82, 2.24) is 19.3 Å². The standard InChI is InChI=1S/C21H17Cl3F2N4/c1-3-17-20-21(30(28-17)19-13(23)8-12(22)9-14(19)24)27-18(4-2)29(20)10-11-5-6-15(25)16(26)7-11/h5-9H,3-4,10H2,1-2H3. The third-order valence-corrected chi connectivity index (χ3v) is 5.69. The van der Waals surface area contributed by atoms with Crippen molar-refractivity contribution in [3.05, 3.63) is 74.1 Å². The smallest absolute Gasteiger partial charge is 0.181 e. The van der Waals surface area contributed by atoms with E-state index in [1.54, 1.807) is 22.9 Å². The zero-order chi connectivity index (χ0) is 21.6. The first-order valence-electron chi connectivity index (χ1n) is 9.39. The summed E-state index contributed by atoms with van der Waals surface area (Å²) in [6, 6.07) is 7.09. The Balaban J connectivity index is 1.94. The van der Waals surface area contributed by atoms with Gasteiger partial charge in [-0.05, 0) is 36.2 Å². The number of imidazole rings is 1. The molecule has 2 aromatic heterocycles. The van der Waals surface area contributed by atoms with Crippen molar-refractivity contribution in [3.8, 4) is 5.69 Å². The molecule has 0 aliphatic heterocycles. The second-order valence-electron chi connectivity index (χ2n) is 6.82. The molecule has 30 heavy (non-hydrogen) atoms. The van der Waals surface area contributed by atoms with E-state index in [1.807, 2.05) is 18.4 Å².